The van der Waals surface area contributed by atoms with Gasteiger partial charge in [0.2, 0.25) is 0 Å². The molecule has 78 valence electrons. The highest BCUT2D eigenvalue weighted by atomic mass is 127. The number of ether oxygens (including phenoxy) is 1. The Morgan fingerprint density at radius 1 is 1.50 bits per heavy atom. The third kappa shape index (κ3) is 2.88. The smallest absolute Gasteiger partial charge is 0.404 e. The molecule has 0 amide bonds. The highest BCUT2D eigenvalue weighted by molar-refractivity contribution is 14.1. The first kappa shape index (κ1) is 11.8. The summed E-state index contributed by atoms with van der Waals surface area (Å²) >= 11 is 7.52. The highest BCUT2D eigenvalue weighted by Gasteiger charge is 2.32. The van der Waals surface area contributed by atoms with Gasteiger partial charge in [-0.2, -0.15) is 0 Å². The molecule has 0 spiro atoms. The van der Waals surface area contributed by atoms with Crippen molar-refractivity contribution in [3.63, 3.8) is 0 Å². The number of hydrogen-bond acceptors (Lipinski definition) is 2. The van der Waals surface area contributed by atoms with Gasteiger partial charge in [-0.3, -0.25) is 0 Å². The van der Waals surface area contributed by atoms with Crippen LogP contribution in [0, 0.1) is 10.6 Å². The zero-order valence-electron chi connectivity index (χ0n) is 6.82. The summed E-state index contributed by atoms with van der Waals surface area (Å²) in [5.74, 6) is -0.372. The first-order valence-corrected chi connectivity index (χ1v) is 4.83. The van der Waals surface area contributed by atoms with E-state index in [-0.39, 0.29) is 16.3 Å². The van der Waals surface area contributed by atoms with E-state index in [1.807, 2.05) is 22.6 Å². The molecule has 0 saturated heterocycles. The maximum Gasteiger partial charge on any atom is 0.573 e. The van der Waals surface area contributed by atoms with Crippen LogP contribution in [0.15, 0.2) is 6.20 Å². The Kier molecular flexibility index (Phi) is 3.46. The van der Waals surface area contributed by atoms with Crippen LogP contribution in [0.4, 0.5) is 13.2 Å². The molecule has 0 aliphatic carbocycles. The van der Waals surface area contributed by atoms with E-state index in [4.69, 9.17) is 11.6 Å². The van der Waals surface area contributed by atoms with Gasteiger partial charge in [0.1, 0.15) is 3.70 Å². The van der Waals surface area contributed by atoms with Crippen LogP contribution in [0.3, 0.4) is 0 Å². The van der Waals surface area contributed by atoms with E-state index in [1.54, 1.807) is 0 Å². The number of hydrogen-bond donors (Lipinski definition) is 0. The average molecular weight is 337 g/mol. The van der Waals surface area contributed by atoms with E-state index in [0.717, 1.165) is 6.20 Å². The van der Waals surface area contributed by atoms with Crippen LogP contribution in [-0.4, -0.2) is 11.3 Å². The normalized spacial score (nSPS) is 11.6. The Balaban J connectivity index is 3.06. The van der Waals surface area contributed by atoms with Crippen LogP contribution in [0.25, 0.3) is 0 Å². The molecule has 14 heavy (non-hydrogen) atoms. The number of rotatable bonds is 1. The van der Waals surface area contributed by atoms with Crippen molar-refractivity contribution in [2.75, 3.05) is 0 Å². The van der Waals surface area contributed by atoms with Gasteiger partial charge in [-0.1, -0.05) is 11.6 Å². The molecule has 0 radical (unpaired) electrons. The zero-order valence-corrected chi connectivity index (χ0v) is 9.74. The summed E-state index contributed by atoms with van der Waals surface area (Å²) in [5.41, 5.74) is 0.225. The van der Waals surface area contributed by atoms with Crippen molar-refractivity contribution in [1.29, 1.82) is 0 Å². The largest absolute Gasteiger partial charge is 0.573 e. The Hall–Kier alpha value is -0.240. The second-order valence-corrected chi connectivity index (χ2v) is 3.80. The predicted octanol–water partition coefficient (Wildman–Crippen LogP) is 3.55. The second kappa shape index (κ2) is 4.09. The third-order valence-corrected chi connectivity index (χ3v) is 3.00. The van der Waals surface area contributed by atoms with Crippen molar-refractivity contribution in [1.82, 2.24) is 4.98 Å². The fourth-order valence-corrected chi connectivity index (χ4v) is 1.44. The van der Waals surface area contributed by atoms with Crippen LogP contribution < -0.4 is 4.74 Å². The first-order chi connectivity index (χ1) is 6.31. The van der Waals surface area contributed by atoms with Gasteiger partial charge >= 0.3 is 6.36 Å². The molecule has 1 aromatic rings. The van der Waals surface area contributed by atoms with Gasteiger partial charge in [0.25, 0.3) is 0 Å². The lowest BCUT2D eigenvalue weighted by Gasteiger charge is -2.11. The number of pyridine rings is 1. The lowest BCUT2D eigenvalue weighted by atomic mass is 10.3. The maximum atomic E-state index is 11.9. The molecule has 0 fully saturated rings. The van der Waals surface area contributed by atoms with Crippen LogP contribution in [-0.2, 0) is 0 Å². The topological polar surface area (TPSA) is 22.1 Å². The molecule has 1 rings (SSSR count). The van der Waals surface area contributed by atoms with Crippen LogP contribution in [0.5, 0.6) is 5.75 Å². The van der Waals surface area contributed by atoms with E-state index in [2.05, 4.69) is 9.72 Å². The number of nitrogens with zero attached hydrogens (tertiary/aromatic N) is 1. The first-order valence-electron chi connectivity index (χ1n) is 3.37. The standard InChI is InChI=1S/C7H4ClF3INO/c1-3-4(14-7(9,10)11)2-13-6(12)5(3)8/h2H,1H3. The number of halogens is 5. The molecule has 0 N–H and O–H groups in total. The van der Waals surface area contributed by atoms with Crippen LogP contribution >= 0.6 is 34.2 Å². The van der Waals surface area contributed by atoms with Crippen LogP contribution in [0.2, 0.25) is 5.02 Å². The summed E-state index contributed by atoms with van der Waals surface area (Å²) < 4.78 is 39.7. The molecule has 0 aliphatic rings. The SMILES string of the molecule is Cc1c(OC(F)(F)F)cnc(I)c1Cl. The van der Waals surface area contributed by atoms with Crippen molar-refractivity contribution < 1.29 is 17.9 Å². The lowest BCUT2D eigenvalue weighted by Crippen LogP contribution is -2.18. The zero-order chi connectivity index (χ0) is 10.9. The molecule has 0 unspecified atom stereocenters. The molecule has 0 saturated carbocycles. The summed E-state index contributed by atoms with van der Waals surface area (Å²) in [6.45, 7) is 1.44. The van der Waals surface area contributed by atoms with E-state index in [9.17, 15) is 13.2 Å². The summed E-state index contributed by atoms with van der Waals surface area (Å²) in [4.78, 5) is 3.65. The van der Waals surface area contributed by atoms with E-state index in [0.29, 0.717) is 3.70 Å². The van der Waals surface area contributed by atoms with Crippen molar-refractivity contribution >= 4 is 34.2 Å². The Morgan fingerprint density at radius 2 is 2.07 bits per heavy atom. The molecule has 1 aromatic heterocycles. The van der Waals surface area contributed by atoms with Gasteiger partial charge < -0.3 is 4.74 Å². The van der Waals surface area contributed by atoms with Gasteiger partial charge in [-0.25, -0.2) is 4.98 Å². The maximum absolute atomic E-state index is 11.9. The van der Waals surface area contributed by atoms with Gasteiger partial charge in [0.15, 0.2) is 5.75 Å². The molecule has 0 aromatic carbocycles. The van der Waals surface area contributed by atoms with Crippen LogP contribution in [0.1, 0.15) is 5.56 Å². The summed E-state index contributed by atoms with van der Waals surface area (Å²) in [7, 11) is 0. The monoisotopic (exact) mass is 337 g/mol. The van der Waals surface area contributed by atoms with Gasteiger partial charge in [-0.15, -0.1) is 13.2 Å². The van der Waals surface area contributed by atoms with Crippen molar-refractivity contribution in [2.24, 2.45) is 0 Å². The highest BCUT2D eigenvalue weighted by Crippen LogP contribution is 2.31. The molecular weight excluding hydrogens is 333 g/mol. The summed E-state index contributed by atoms with van der Waals surface area (Å²) in [6.07, 6.45) is -3.72. The molecule has 0 atom stereocenters. The summed E-state index contributed by atoms with van der Waals surface area (Å²) in [5, 5.41) is 0.173. The molecule has 0 bridgehead atoms. The van der Waals surface area contributed by atoms with Gasteiger partial charge in [0.05, 0.1) is 11.2 Å². The molecular formula is C7H4ClF3INO. The lowest BCUT2D eigenvalue weighted by molar-refractivity contribution is -0.274. The fraction of sp³-hybridized carbons (Fsp3) is 0.286. The predicted molar refractivity (Wildman–Crippen MR) is 53.4 cm³/mol. The number of aromatic nitrogens is 1. The average Bonchev–Trinajstić information content (AvgIpc) is 2.04. The molecule has 2 nitrogen and oxygen atoms in total. The van der Waals surface area contributed by atoms with E-state index in [1.165, 1.54) is 6.92 Å². The third-order valence-electron chi connectivity index (χ3n) is 1.40. The molecule has 0 aliphatic heterocycles. The van der Waals surface area contributed by atoms with Crippen molar-refractivity contribution in [3.05, 3.63) is 20.5 Å². The van der Waals surface area contributed by atoms with Gasteiger partial charge in [-0.05, 0) is 29.5 Å². The molecule has 7 heteroatoms. The number of alkyl halides is 3. The van der Waals surface area contributed by atoms with Crippen molar-refractivity contribution in [2.45, 2.75) is 13.3 Å². The van der Waals surface area contributed by atoms with Crippen molar-refractivity contribution in [3.8, 4) is 5.75 Å². The Bertz CT molecular complexity index is 356. The molecule has 1 heterocycles. The fourth-order valence-electron chi connectivity index (χ4n) is 0.759. The Labute approximate surface area is 96.6 Å². The van der Waals surface area contributed by atoms with E-state index >= 15 is 0 Å². The minimum Gasteiger partial charge on any atom is -0.404 e. The van der Waals surface area contributed by atoms with Gasteiger partial charge in [0, 0.05) is 5.56 Å². The second-order valence-electron chi connectivity index (χ2n) is 2.40. The minimum atomic E-state index is -4.72. The Morgan fingerprint density at radius 3 is 2.57 bits per heavy atom. The quantitative estimate of drug-likeness (QED) is 0.577. The van der Waals surface area contributed by atoms with E-state index < -0.39 is 6.36 Å². The minimum absolute atomic E-state index is 0.173. The summed E-state index contributed by atoms with van der Waals surface area (Å²) in [6, 6.07) is 0.